The lowest BCUT2D eigenvalue weighted by Crippen LogP contribution is -2.72. The highest BCUT2D eigenvalue weighted by Gasteiger charge is 2.53. The Morgan fingerprint density at radius 2 is 1.56 bits per heavy atom. The molecule has 7 nitrogen and oxygen atoms in total. The number of benzene rings is 3. The van der Waals surface area contributed by atoms with Crippen LogP contribution in [0.5, 0.6) is 0 Å². The van der Waals surface area contributed by atoms with E-state index in [9.17, 15) is 14.4 Å². The lowest BCUT2D eigenvalue weighted by Gasteiger charge is -2.51. The molecule has 2 aliphatic heterocycles. The number of hydrogen-bond acceptors (Lipinski definition) is 4. The lowest BCUT2D eigenvalue weighted by molar-refractivity contribution is -0.161. The largest absolute Gasteiger partial charge is 0.356 e. The molecule has 226 valence electrons. The van der Waals surface area contributed by atoms with Crippen LogP contribution in [0, 0.1) is 0 Å². The highest BCUT2D eigenvalue weighted by Crippen LogP contribution is 2.34. The van der Waals surface area contributed by atoms with Crippen LogP contribution in [-0.4, -0.2) is 71.8 Å². The van der Waals surface area contributed by atoms with Crippen molar-refractivity contribution in [3.05, 3.63) is 96.1 Å². The van der Waals surface area contributed by atoms with Crippen molar-refractivity contribution in [1.29, 1.82) is 0 Å². The molecule has 0 radical (unpaired) electrons. The molecule has 43 heavy (non-hydrogen) atoms. The summed E-state index contributed by atoms with van der Waals surface area (Å²) in [6.07, 6.45) is 4.54. The molecule has 2 N–H and O–H groups in total. The van der Waals surface area contributed by atoms with Gasteiger partial charge < -0.3 is 20.4 Å². The van der Waals surface area contributed by atoms with Crippen LogP contribution in [-0.2, 0) is 27.2 Å². The van der Waals surface area contributed by atoms with E-state index in [1.54, 1.807) is 0 Å². The number of nitrogens with zero attached hydrogens (tertiary/aromatic N) is 2. The molecular weight excluding hydrogens is 536 g/mol. The summed E-state index contributed by atoms with van der Waals surface area (Å²) in [5.74, 6) is -0.0476. The molecule has 2 fully saturated rings. The minimum atomic E-state index is -0.755. The van der Waals surface area contributed by atoms with E-state index in [0.29, 0.717) is 45.2 Å². The second-order valence-corrected chi connectivity index (χ2v) is 11.9. The van der Waals surface area contributed by atoms with Crippen molar-refractivity contribution in [3.8, 4) is 11.1 Å². The third-order valence-electron chi connectivity index (χ3n) is 8.89. The number of likely N-dealkylation sites (tertiary alicyclic amines) is 1. The molecule has 3 aromatic carbocycles. The first kappa shape index (κ1) is 30.5. The van der Waals surface area contributed by atoms with Crippen LogP contribution >= 0.6 is 0 Å². The molecule has 1 atom stereocenters. The van der Waals surface area contributed by atoms with Gasteiger partial charge >= 0.3 is 0 Å². The Hall–Kier alpha value is -3.97. The highest BCUT2D eigenvalue weighted by molar-refractivity contribution is 6.00. The lowest BCUT2D eigenvalue weighted by atomic mass is 9.81. The topological polar surface area (TPSA) is 81.8 Å². The fraction of sp³-hybridized carbons (Fsp3) is 0.417. The van der Waals surface area contributed by atoms with Crippen LogP contribution in [0.15, 0.2) is 84.9 Å². The predicted molar refractivity (Wildman–Crippen MR) is 170 cm³/mol. The SMILES string of the molecule is CCCN1C(=O)[C@H](CCCNC(=O)Cc2cccc(-c3ccccc3)c2)NC(=O)C12CCN(CCc1ccccc1)CC2. The summed E-state index contributed by atoms with van der Waals surface area (Å²) in [7, 11) is 0. The second kappa shape index (κ2) is 14.5. The molecule has 0 aromatic heterocycles. The van der Waals surface area contributed by atoms with Gasteiger partial charge in [-0.3, -0.25) is 14.4 Å². The fourth-order valence-corrected chi connectivity index (χ4v) is 6.47. The van der Waals surface area contributed by atoms with E-state index >= 15 is 0 Å². The van der Waals surface area contributed by atoms with Crippen molar-refractivity contribution in [3.63, 3.8) is 0 Å². The molecule has 0 aliphatic carbocycles. The fourth-order valence-electron chi connectivity index (χ4n) is 6.47. The van der Waals surface area contributed by atoms with Crippen molar-refractivity contribution in [2.45, 2.75) is 63.5 Å². The third-order valence-corrected chi connectivity index (χ3v) is 8.89. The van der Waals surface area contributed by atoms with Crippen LogP contribution in [0.4, 0.5) is 0 Å². The number of amides is 3. The Morgan fingerprint density at radius 3 is 2.28 bits per heavy atom. The Morgan fingerprint density at radius 1 is 0.884 bits per heavy atom. The minimum absolute atomic E-state index is 0.0169. The Kier molecular flexibility index (Phi) is 10.3. The zero-order valence-electron chi connectivity index (χ0n) is 25.3. The molecule has 1 spiro atoms. The van der Waals surface area contributed by atoms with Crippen LogP contribution in [0.1, 0.15) is 50.2 Å². The minimum Gasteiger partial charge on any atom is -0.356 e. The standard InChI is InChI=1S/C36H44N4O3/c1-2-22-40-34(42)32(38-35(43)36(40)19-24-39(25-20-36)23-18-28-11-5-3-6-12-28)17-10-21-37-33(41)27-29-13-9-16-31(26-29)30-14-7-4-8-15-30/h3-9,11-16,26,32H,2,10,17-25,27H2,1H3,(H,37,41)(H,38,43)/t32-/m0/s1. The van der Waals surface area contributed by atoms with Crippen molar-refractivity contribution in [2.75, 3.05) is 32.7 Å². The van der Waals surface area contributed by atoms with Crippen LogP contribution in [0.3, 0.4) is 0 Å². The zero-order valence-corrected chi connectivity index (χ0v) is 25.3. The van der Waals surface area contributed by atoms with Gasteiger partial charge in [0.2, 0.25) is 17.7 Å². The van der Waals surface area contributed by atoms with Crippen molar-refractivity contribution in [2.24, 2.45) is 0 Å². The van der Waals surface area contributed by atoms with E-state index in [0.717, 1.165) is 49.2 Å². The number of piperidine rings is 1. The van der Waals surface area contributed by atoms with Gasteiger partial charge in [0.1, 0.15) is 11.6 Å². The van der Waals surface area contributed by atoms with Crippen molar-refractivity contribution < 1.29 is 14.4 Å². The highest BCUT2D eigenvalue weighted by atomic mass is 16.2. The molecule has 5 rings (SSSR count). The summed E-state index contributed by atoms with van der Waals surface area (Å²) in [5.41, 5.74) is 3.73. The number of piperazine rings is 1. The van der Waals surface area contributed by atoms with Gasteiger partial charge in [-0.2, -0.15) is 0 Å². The number of hydrogen-bond donors (Lipinski definition) is 2. The molecule has 0 saturated carbocycles. The molecule has 3 aromatic rings. The normalized spacial score (nSPS) is 18.4. The summed E-state index contributed by atoms with van der Waals surface area (Å²) in [6.45, 7) is 5.67. The molecule has 3 amide bonds. The second-order valence-electron chi connectivity index (χ2n) is 11.9. The summed E-state index contributed by atoms with van der Waals surface area (Å²) in [6, 6.07) is 28.1. The summed E-state index contributed by atoms with van der Waals surface area (Å²) >= 11 is 0. The molecule has 7 heteroatoms. The molecule has 0 unspecified atom stereocenters. The molecule has 0 bridgehead atoms. The molecular formula is C36H44N4O3. The maximum Gasteiger partial charge on any atom is 0.246 e. The zero-order chi connectivity index (χ0) is 30.1. The Bertz CT molecular complexity index is 1370. The van der Waals surface area contributed by atoms with Gasteiger partial charge in [0.15, 0.2) is 0 Å². The molecule has 2 saturated heterocycles. The van der Waals surface area contributed by atoms with Gasteiger partial charge in [-0.15, -0.1) is 0 Å². The van der Waals surface area contributed by atoms with E-state index in [-0.39, 0.29) is 17.7 Å². The quantitative estimate of drug-likeness (QED) is 0.307. The van der Waals surface area contributed by atoms with Gasteiger partial charge in [0, 0.05) is 32.7 Å². The number of carbonyl (C=O) groups excluding carboxylic acids is 3. The average Bonchev–Trinajstić information content (AvgIpc) is 3.04. The smallest absolute Gasteiger partial charge is 0.246 e. The monoisotopic (exact) mass is 580 g/mol. The van der Waals surface area contributed by atoms with Gasteiger partial charge in [0.25, 0.3) is 0 Å². The maximum atomic E-state index is 13.7. The van der Waals surface area contributed by atoms with E-state index in [1.165, 1.54) is 5.56 Å². The average molecular weight is 581 g/mol. The molecule has 2 aliphatic rings. The summed E-state index contributed by atoms with van der Waals surface area (Å²) in [4.78, 5) is 44.2. The van der Waals surface area contributed by atoms with Crippen LogP contribution < -0.4 is 10.6 Å². The van der Waals surface area contributed by atoms with Crippen LogP contribution in [0.2, 0.25) is 0 Å². The van der Waals surface area contributed by atoms with Crippen molar-refractivity contribution >= 4 is 17.7 Å². The number of rotatable bonds is 12. The Balaban J connectivity index is 1.09. The summed E-state index contributed by atoms with van der Waals surface area (Å²) in [5, 5.41) is 6.07. The first-order valence-corrected chi connectivity index (χ1v) is 15.8. The van der Waals surface area contributed by atoms with E-state index in [2.05, 4.69) is 64.9 Å². The Labute approximate surface area is 255 Å². The first-order valence-electron chi connectivity index (χ1n) is 15.8. The van der Waals surface area contributed by atoms with Gasteiger partial charge in [-0.05, 0) is 60.8 Å². The predicted octanol–water partition coefficient (Wildman–Crippen LogP) is 4.61. The van der Waals surface area contributed by atoms with Gasteiger partial charge in [0.05, 0.1) is 6.42 Å². The summed E-state index contributed by atoms with van der Waals surface area (Å²) < 4.78 is 0. The molecule has 2 heterocycles. The van der Waals surface area contributed by atoms with E-state index < -0.39 is 11.6 Å². The van der Waals surface area contributed by atoms with E-state index in [1.807, 2.05) is 47.4 Å². The van der Waals surface area contributed by atoms with E-state index in [4.69, 9.17) is 0 Å². The van der Waals surface area contributed by atoms with Crippen molar-refractivity contribution in [1.82, 2.24) is 20.4 Å². The number of carbonyl (C=O) groups is 3. The number of nitrogens with one attached hydrogen (secondary N) is 2. The first-order chi connectivity index (χ1) is 21.0. The van der Waals surface area contributed by atoms with Crippen LogP contribution in [0.25, 0.3) is 11.1 Å². The van der Waals surface area contributed by atoms with Gasteiger partial charge in [-0.25, -0.2) is 0 Å². The maximum absolute atomic E-state index is 13.7. The third kappa shape index (κ3) is 7.52. The van der Waals surface area contributed by atoms with Gasteiger partial charge in [-0.1, -0.05) is 91.9 Å².